The maximum Gasteiger partial charge on any atom is 0.335 e. The summed E-state index contributed by atoms with van der Waals surface area (Å²) in [5, 5.41) is 19.5. The lowest BCUT2D eigenvalue weighted by Crippen LogP contribution is -2.33. The number of halogens is 2. The molecule has 0 spiro atoms. The third-order valence-electron chi connectivity index (χ3n) is 6.72. The number of aliphatic hydroxyl groups excluding tert-OH is 1. The number of nitrogens with zero attached hydrogens (tertiary/aromatic N) is 1. The molecule has 3 aromatic carbocycles. The van der Waals surface area contributed by atoms with E-state index in [-0.39, 0.29) is 24.1 Å². The predicted octanol–water partition coefficient (Wildman–Crippen LogP) is 6.29. The number of likely N-dealkylation sites (tertiary alicyclic amines) is 1. The van der Waals surface area contributed by atoms with Crippen molar-refractivity contribution in [3.05, 3.63) is 94.3 Å². The minimum absolute atomic E-state index is 0.116. The molecule has 3 unspecified atom stereocenters. The van der Waals surface area contributed by atoms with Gasteiger partial charge in [-0.25, -0.2) is 13.6 Å². The van der Waals surface area contributed by atoms with Crippen molar-refractivity contribution in [3.63, 3.8) is 0 Å². The summed E-state index contributed by atoms with van der Waals surface area (Å²) in [7, 11) is 0. The van der Waals surface area contributed by atoms with E-state index in [4.69, 9.17) is 4.74 Å². The molecule has 1 fully saturated rings. The molecule has 0 aromatic heterocycles. The SMILES string of the molecule is Cc1cc(-c2ccccc2C(C)OCC(O)CN2CCC(F)C2)ccc1C(=O)O.Cc1ccc(C)c(F)c1. The molecule has 7 heteroatoms. The van der Waals surface area contributed by atoms with Gasteiger partial charge in [0, 0.05) is 19.6 Å². The molecule has 2 N–H and O–H groups in total. The van der Waals surface area contributed by atoms with Gasteiger partial charge >= 0.3 is 5.97 Å². The Balaban J connectivity index is 0.000000375. The summed E-state index contributed by atoms with van der Waals surface area (Å²) in [6.07, 6.45) is -1.21. The van der Waals surface area contributed by atoms with Crippen molar-refractivity contribution in [1.29, 1.82) is 0 Å². The lowest BCUT2D eigenvalue weighted by molar-refractivity contribution is -0.0136. The van der Waals surface area contributed by atoms with Gasteiger partial charge in [0.1, 0.15) is 12.0 Å². The van der Waals surface area contributed by atoms with Crippen LogP contribution in [0.25, 0.3) is 11.1 Å². The quantitative estimate of drug-likeness (QED) is 0.362. The zero-order valence-corrected chi connectivity index (χ0v) is 22.5. The smallest absolute Gasteiger partial charge is 0.335 e. The van der Waals surface area contributed by atoms with Crippen LogP contribution < -0.4 is 0 Å². The number of hydrogen-bond donors (Lipinski definition) is 2. The number of carboxylic acid groups (broad SMARTS) is 1. The van der Waals surface area contributed by atoms with Gasteiger partial charge in [0.05, 0.1) is 24.4 Å². The molecule has 3 aromatic rings. The van der Waals surface area contributed by atoms with E-state index in [9.17, 15) is 23.8 Å². The highest BCUT2D eigenvalue weighted by atomic mass is 19.1. The van der Waals surface area contributed by atoms with E-state index in [1.54, 1.807) is 32.0 Å². The van der Waals surface area contributed by atoms with Crippen LogP contribution >= 0.6 is 0 Å². The maximum atomic E-state index is 13.3. The first-order valence-electron chi connectivity index (χ1n) is 12.9. The molecular formula is C31H37F2NO4. The second-order valence-electron chi connectivity index (χ2n) is 9.95. The average Bonchev–Trinajstić information content (AvgIpc) is 3.29. The molecule has 1 saturated heterocycles. The molecular weight excluding hydrogens is 488 g/mol. The summed E-state index contributed by atoms with van der Waals surface area (Å²) >= 11 is 0. The van der Waals surface area contributed by atoms with Crippen LogP contribution in [0.2, 0.25) is 0 Å². The number of aliphatic hydroxyl groups is 1. The van der Waals surface area contributed by atoms with E-state index in [2.05, 4.69) is 0 Å². The van der Waals surface area contributed by atoms with Crippen molar-refractivity contribution < 1.29 is 28.5 Å². The van der Waals surface area contributed by atoms with Crippen LogP contribution in [0.5, 0.6) is 0 Å². The number of β-amino-alcohol motifs (C(OH)–C–C–N with tert-alkyl or cyclic N) is 1. The zero-order valence-electron chi connectivity index (χ0n) is 22.5. The first-order chi connectivity index (χ1) is 18.0. The molecule has 0 radical (unpaired) electrons. The fourth-order valence-corrected chi connectivity index (χ4v) is 4.53. The topological polar surface area (TPSA) is 70.0 Å². The molecule has 5 nitrogen and oxygen atoms in total. The maximum absolute atomic E-state index is 13.3. The van der Waals surface area contributed by atoms with Gasteiger partial charge in [0.15, 0.2) is 0 Å². The number of carbonyl (C=O) groups is 1. The molecule has 38 heavy (non-hydrogen) atoms. The summed E-state index contributed by atoms with van der Waals surface area (Å²) in [6.45, 7) is 8.97. The molecule has 1 heterocycles. The first-order valence-corrected chi connectivity index (χ1v) is 12.9. The van der Waals surface area contributed by atoms with Crippen molar-refractivity contribution in [2.75, 3.05) is 26.2 Å². The van der Waals surface area contributed by atoms with E-state index in [1.165, 1.54) is 6.07 Å². The number of hydrogen-bond acceptors (Lipinski definition) is 4. The monoisotopic (exact) mass is 525 g/mol. The van der Waals surface area contributed by atoms with Crippen LogP contribution in [0.4, 0.5) is 8.78 Å². The zero-order chi connectivity index (χ0) is 27.8. The third kappa shape index (κ3) is 8.18. The molecule has 3 atom stereocenters. The Kier molecular flexibility index (Phi) is 10.5. The first kappa shape index (κ1) is 29.4. The van der Waals surface area contributed by atoms with Crippen LogP contribution in [0.3, 0.4) is 0 Å². The van der Waals surface area contributed by atoms with Gasteiger partial charge in [0.2, 0.25) is 0 Å². The van der Waals surface area contributed by atoms with Crippen molar-refractivity contribution in [1.82, 2.24) is 4.90 Å². The minimum atomic E-state index is -0.940. The highest BCUT2D eigenvalue weighted by molar-refractivity contribution is 5.90. The fraction of sp³-hybridized carbons (Fsp3) is 0.387. The molecule has 0 amide bonds. The van der Waals surface area contributed by atoms with E-state index in [1.807, 2.05) is 55.1 Å². The normalized spacial score (nSPS) is 17.0. The molecule has 0 aliphatic carbocycles. The number of alkyl halides is 1. The number of benzene rings is 3. The van der Waals surface area contributed by atoms with E-state index < -0.39 is 18.2 Å². The molecule has 4 rings (SSSR count). The fourth-order valence-electron chi connectivity index (χ4n) is 4.53. The lowest BCUT2D eigenvalue weighted by atomic mass is 9.94. The molecule has 0 bridgehead atoms. The Bertz CT molecular complexity index is 1230. The lowest BCUT2D eigenvalue weighted by Gasteiger charge is -2.22. The Morgan fingerprint density at radius 2 is 1.82 bits per heavy atom. The van der Waals surface area contributed by atoms with Gasteiger partial charge in [-0.2, -0.15) is 0 Å². The molecule has 1 aliphatic rings. The van der Waals surface area contributed by atoms with Gasteiger partial charge in [0.25, 0.3) is 0 Å². The summed E-state index contributed by atoms with van der Waals surface area (Å²) < 4.78 is 31.8. The van der Waals surface area contributed by atoms with Gasteiger partial charge in [-0.15, -0.1) is 0 Å². The number of aryl methyl sites for hydroxylation is 3. The predicted molar refractivity (Wildman–Crippen MR) is 146 cm³/mol. The number of carboxylic acids is 1. The Morgan fingerprint density at radius 3 is 2.42 bits per heavy atom. The number of ether oxygens (including phenoxy) is 1. The van der Waals surface area contributed by atoms with E-state index in [0.717, 1.165) is 22.3 Å². The van der Waals surface area contributed by atoms with Gasteiger partial charge in [-0.1, -0.05) is 48.5 Å². The van der Waals surface area contributed by atoms with Gasteiger partial charge in [-0.3, -0.25) is 4.90 Å². The second kappa shape index (κ2) is 13.6. The van der Waals surface area contributed by atoms with Crippen molar-refractivity contribution in [2.45, 2.75) is 52.5 Å². The minimum Gasteiger partial charge on any atom is -0.478 e. The summed E-state index contributed by atoms with van der Waals surface area (Å²) in [6, 6.07) is 18.3. The van der Waals surface area contributed by atoms with Crippen LogP contribution in [-0.2, 0) is 4.74 Å². The number of aromatic carboxylic acids is 1. The van der Waals surface area contributed by atoms with Gasteiger partial charge < -0.3 is 14.9 Å². The van der Waals surface area contributed by atoms with Crippen LogP contribution in [0.1, 0.15) is 52.1 Å². The number of rotatable bonds is 8. The van der Waals surface area contributed by atoms with E-state index in [0.29, 0.717) is 37.2 Å². The van der Waals surface area contributed by atoms with Crippen LogP contribution in [-0.4, -0.2) is 59.6 Å². The second-order valence-corrected chi connectivity index (χ2v) is 9.95. The highest BCUT2D eigenvalue weighted by Gasteiger charge is 2.24. The van der Waals surface area contributed by atoms with E-state index >= 15 is 0 Å². The Hall–Kier alpha value is -3.13. The molecule has 204 valence electrons. The summed E-state index contributed by atoms with van der Waals surface area (Å²) in [5.74, 6) is -1.06. The van der Waals surface area contributed by atoms with Gasteiger partial charge in [-0.05, 0) is 79.6 Å². The highest BCUT2D eigenvalue weighted by Crippen LogP contribution is 2.31. The summed E-state index contributed by atoms with van der Waals surface area (Å²) in [4.78, 5) is 13.2. The largest absolute Gasteiger partial charge is 0.478 e. The average molecular weight is 526 g/mol. The molecule has 1 aliphatic heterocycles. The standard InChI is InChI=1S/C23H28FNO4.C8H9F/c1-15-11-17(7-8-20(15)23(27)28)22-6-4-3-5-21(22)16(2)29-14-19(26)13-25-10-9-18(24)12-25;1-6-3-4-7(2)8(9)5-6/h3-8,11,16,18-19,26H,9-10,12-14H2,1-2H3,(H,27,28);3-5H,1-2H3. The Morgan fingerprint density at radius 1 is 1.08 bits per heavy atom. The van der Waals surface area contributed by atoms with Crippen molar-refractivity contribution in [3.8, 4) is 11.1 Å². The Labute approximate surface area is 223 Å². The van der Waals surface area contributed by atoms with Crippen LogP contribution in [0, 0.1) is 26.6 Å². The third-order valence-corrected chi connectivity index (χ3v) is 6.72. The van der Waals surface area contributed by atoms with Crippen molar-refractivity contribution >= 4 is 5.97 Å². The summed E-state index contributed by atoms with van der Waals surface area (Å²) in [5.41, 5.74) is 5.52. The van der Waals surface area contributed by atoms with Crippen LogP contribution in [0.15, 0.2) is 60.7 Å². The molecule has 0 saturated carbocycles. The van der Waals surface area contributed by atoms with Crippen molar-refractivity contribution in [2.24, 2.45) is 0 Å².